The Kier molecular flexibility index (Phi) is 7.48. The number of carbonyl (C=O) groups excluding carboxylic acids is 2. The molecule has 0 radical (unpaired) electrons. The first-order valence-corrected chi connectivity index (χ1v) is 8.04. The Morgan fingerprint density at radius 1 is 1.28 bits per heavy atom. The van der Waals surface area contributed by atoms with Gasteiger partial charge in [0.05, 0.1) is 14.2 Å². The number of carbonyl (C=O) groups is 2. The predicted molar refractivity (Wildman–Crippen MR) is 83.3 cm³/mol. The van der Waals surface area contributed by atoms with Crippen LogP contribution in [-0.4, -0.2) is 56.3 Å². The number of methoxy groups -OCH3 is 2. The molecule has 2 rings (SSSR count). The molecular formula is C11H12N4O8S2. The van der Waals surface area contributed by atoms with Crippen molar-refractivity contribution in [1.29, 1.82) is 0 Å². The molecule has 0 N–H and O–H groups in total. The smallest absolute Gasteiger partial charge is 0.391 e. The van der Waals surface area contributed by atoms with Crippen LogP contribution in [0.25, 0.3) is 0 Å². The van der Waals surface area contributed by atoms with Crippen LogP contribution in [0.4, 0.5) is 4.79 Å². The summed E-state index contributed by atoms with van der Waals surface area (Å²) >= 11 is 1.38. The number of ether oxygens (including phenoxy) is 2. The average molecular weight is 392 g/mol. The van der Waals surface area contributed by atoms with E-state index < -0.39 is 22.2 Å². The molecule has 0 atom stereocenters. The molecule has 2 aromatic heterocycles. The summed E-state index contributed by atoms with van der Waals surface area (Å²) in [4.78, 5) is 38.3. The van der Waals surface area contributed by atoms with Crippen molar-refractivity contribution in [2.45, 2.75) is 0 Å². The molecule has 0 fully saturated rings. The monoisotopic (exact) mass is 392 g/mol. The highest BCUT2D eigenvalue weighted by Gasteiger charge is 2.19. The Morgan fingerprint density at radius 3 is 2.36 bits per heavy atom. The third kappa shape index (κ3) is 5.25. The van der Waals surface area contributed by atoms with Crippen LogP contribution in [0.2, 0.25) is 0 Å². The van der Waals surface area contributed by atoms with Gasteiger partial charge in [-0.05, 0) is 11.4 Å². The van der Waals surface area contributed by atoms with Crippen molar-refractivity contribution in [3.8, 4) is 6.01 Å². The maximum absolute atomic E-state index is 11.4. The third-order valence-electron chi connectivity index (χ3n) is 2.32. The summed E-state index contributed by atoms with van der Waals surface area (Å²) in [7, 11) is 0.738. The second-order valence-corrected chi connectivity index (χ2v) is 5.28. The number of esters is 1. The van der Waals surface area contributed by atoms with Gasteiger partial charge in [-0.1, -0.05) is 15.2 Å². The zero-order valence-corrected chi connectivity index (χ0v) is 14.7. The van der Waals surface area contributed by atoms with Gasteiger partial charge in [0.2, 0.25) is 0 Å². The van der Waals surface area contributed by atoms with Gasteiger partial charge in [-0.2, -0.15) is 8.42 Å². The minimum Gasteiger partial charge on any atom is -0.465 e. The highest BCUT2D eigenvalue weighted by molar-refractivity contribution is 7.62. The molecular weight excluding hydrogens is 380 g/mol. The zero-order valence-electron chi connectivity index (χ0n) is 13.1. The number of nitrogens with zero attached hydrogens (tertiary/aromatic N) is 4. The molecule has 136 valence electrons. The van der Waals surface area contributed by atoms with E-state index in [4.69, 9.17) is 0 Å². The minimum atomic E-state index is -2.97. The van der Waals surface area contributed by atoms with Crippen LogP contribution < -0.4 is 15.3 Å². The second-order valence-electron chi connectivity index (χ2n) is 3.72. The van der Waals surface area contributed by atoms with Crippen molar-refractivity contribution in [3.63, 3.8) is 0 Å². The summed E-state index contributed by atoms with van der Waals surface area (Å²) in [6.07, 6.45) is 0. The number of aromatic nitrogens is 3. The van der Waals surface area contributed by atoms with E-state index in [-0.39, 0.29) is 16.7 Å². The Bertz CT molecular complexity index is 918. The van der Waals surface area contributed by atoms with Gasteiger partial charge >= 0.3 is 34.2 Å². The lowest BCUT2D eigenvalue weighted by molar-refractivity contribution is 0.0606. The average Bonchev–Trinajstić information content (AvgIpc) is 3.21. The van der Waals surface area contributed by atoms with Gasteiger partial charge in [0.25, 0.3) is 0 Å². The van der Waals surface area contributed by atoms with Crippen LogP contribution in [0.3, 0.4) is 0 Å². The molecule has 0 unspecified atom stereocenters. The second kappa shape index (κ2) is 9.33. The Hall–Kier alpha value is -3.00. The summed E-state index contributed by atoms with van der Waals surface area (Å²) in [6, 6.07) is 1.87. The SMILES string of the molecule is COC(=O)c1cccs1.COc1nn(C(=O)N=S(=O)=O)c(=O)n1OC. The van der Waals surface area contributed by atoms with Crippen molar-refractivity contribution < 1.29 is 32.3 Å². The standard InChI is InChI=1S/C6H6O2S.C5H6N4O6S/c1-8-6(7)5-3-2-4-9-5;1-14-4-6-8(3(10)7-16(12)13)5(11)9(4)15-2/h2-4H,1H3;1-2H3. The van der Waals surface area contributed by atoms with Gasteiger partial charge in [0.15, 0.2) is 0 Å². The van der Waals surface area contributed by atoms with Gasteiger partial charge < -0.3 is 14.3 Å². The zero-order chi connectivity index (χ0) is 19.0. The van der Waals surface area contributed by atoms with Gasteiger partial charge in [-0.15, -0.1) is 21.1 Å². The van der Waals surface area contributed by atoms with Gasteiger partial charge in [0, 0.05) is 0 Å². The molecule has 14 heteroatoms. The first-order chi connectivity index (χ1) is 11.8. The van der Waals surface area contributed by atoms with Crippen molar-refractivity contribution in [1.82, 2.24) is 14.5 Å². The molecule has 0 aliphatic heterocycles. The molecule has 25 heavy (non-hydrogen) atoms. The van der Waals surface area contributed by atoms with E-state index in [0.717, 1.165) is 7.11 Å². The van der Waals surface area contributed by atoms with Crippen LogP contribution in [0, 0.1) is 0 Å². The van der Waals surface area contributed by atoms with Crippen molar-refractivity contribution >= 4 is 33.8 Å². The molecule has 1 amide bonds. The van der Waals surface area contributed by atoms with Gasteiger partial charge in [-0.25, -0.2) is 14.4 Å². The summed E-state index contributed by atoms with van der Waals surface area (Å²) in [5.74, 6) is -0.259. The maximum atomic E-state index is 11.4. The van der Waals surface area contributed by atoms with Crippen molar-refractivity contribution in [3.05, 3.63) is 32.9 Å². The first kappa shape index (κ1) is 20.0. The summed E-state index contributed by atoms with van der Waals surface area (Å²) in [5.41, 5.74) is -1.03. The van der Waals surface area contributed by atoms with E-state index in [1.165, 1.54) is 25.6 Å². The Labute approximate surface area is 145 Å². The van der Waals surface area contributed by atoms with Crippen LogP contribution in [-0.2, 0) is 15.2 Å². The Morgan fingerprint density at radius 2 is 1.96 bits per heavy atom. The molecule has 0 aromatic carbocycles. The lowest BCUT2D eigenvalue weighted by Gasteiger charge is -1.98. The number of thiophene rings is 1. The van der Waals surface area contributed by atoms with Crippen LogP contribution in [0.5, 0.6) is 6.01 Å². The van der Waals surface area contributed by atoms with E-state index in [1.54, 1.807) is 6.07 Å². The Balaban J connectivity index is 0.000000293. The summed E-state index contributed by atoms with van der Waals surface area (Å²) in [5, 5.41) is 5.19. The molecule has 0 aliphatic carbocycles. The lowest BCUT2D eigenvalue weighted by atomic mass is 10.5. The highest BCUT2D eigenvalue weighted by Crippen LogP contribution is 2.08. The largest absolute Gasteiger partial charge is 0.465 e. The molecule has 12 nitrogen and oxygen atoms in total. The van der Waals surface area contributed by atoms with Crippen molar-refractivity contribution in [2.24, 2.45) is 4.36 Å². The number of hydrogen-bond acceptors (Lipinski definition) is 10. The molecule has 0 aliphatic rings. The van der Waals surface area contributed by atoms with Gasteiger partial charge in [-0.3, -0.25) is 0 Å². The van der Waals surface area contributed by atoms with E-state index in [1.807, 2.05) is 11.4 Å². The molecule has 0 bridgehead atoms. The number of hydrogen-bond donors (Lipinski definition) is 0. The van der Waals surface area contributed by atoms with E-state index in [2.05, 4.69) is 23.8 Å². The maximum Gasteiger partial charge on any atom is 0.391 e. The van der Waals surface area contributed by atoms with E-state index in [9.17, 15) is 22.8 Å². The van der Waals surface area contributed by atoms with Crippen LogP contribution >= 0.6 is 11.3 Å². The van der Waals surface area contributed by atoms with Crippen molar-refractivity contribution in [2.75, 3.05) is 21.3 Å². The molecule has 2 heterocycles. The number of amides is 1. The van der Waals surface area contributed by atoms with Gasteiger partial charge in [0.1, 0.15) is 12.0 Å². The minimum absolute atomic E-state index is 0.193. The third-order valence-corrected chi connectivity index (χ3v) is 3.48. The van der Waals surface area contributed by atoms with Crippen LogP contribution in [0.15, 0.2) is 26.7 Å². The topological polar surface area (TPSA) is 148 Å². The van der Waals surface area contributed by atoms with E-state index in [0.29, 0.717) is 9.61 Å². The molecule has 0 spiro atoms. The fourth-order valence-electron chi connectivity index (χ4n) is 1.34. The quantitative estimate of drug-likeness (QED) is 0.640. The first-order valence-electron chi connectivity index (χ1n) is 6.13. The van der Waals surface area contributed by atoms with E-state index >= 15 is 0 Å². The fourth-order valence-corrected chi connectivity index (χ4v) is 2.18. The molecule has 2 aromatic rings. The summed E-state index contributed by atoms with van der Waals surface area (Å²) in [6.45, 7) is 0. The van der Waals surface area contributed by atoms with Crippen LogP contribution in [0.1, 0.15) is 9.67 Å². The highest BCUT2D eigenvalue weighted by atomic mass is 32.2. The summed E-state index contributed by atoms with van der Waals surface area (Å²) < 4.78 is 32.7. The normalized spacial score (nSPS) is 9.40. The molecule has 0 saturated carbocycles. The molecule has 0 saturated heterocycles. The number of rotatable bonds is 3. The predicted octanol–water partition coefficient (Wildman–Crippen LogP) is -0.323. The lowest BCUT2D eigenvalue weighted by Crippen LogP contribution is -2.30. The fraction of sp³-hybridized carbons (Fsp3) is 0.273.